The number of aromatic nitrogens is 1. The molecule has 6 heteroatoms. The van der Waals surface area contributed by atoms with E-state index in [1.807, 2.05) is 0 Å². The van der Waals surface area contributed by atoms with Gasteiger partial charge in [-0.25, -0.2) is 4.79 Å². The highest BCUT2D eigenvalue weighted by Crippen LogP contribution is 2.27. The van der Waals surface area contributed by atoms with E-state index in [1.54, 1.807) is 13.0 Å². The molecule has 0 atom stereocenters. The summed E-state index contributed by atoms with van der Waals surface area (Å²) in [6, 6.07) is 4.07. The third-order valence-corrected chi connectivity index (χ3v) is 2.35. The van der Waals surface area contributed by atoms with Crippen molar-refractivity contribution in [2.75, 3.05) is 0 Å². The highest BCUT2D eigenvalue weighted by atomic mass is 19.3. The van der Waals surface area contributed by atoms with Gasteiger partial charge in [-0.15, -0.1) is 0 Å². The second-order valence-corrected chi connectivity index (χ2v) is 3.74. The highest BCUT2D eigenvalue weighted by molar-refractivity contribution is 5.96. The van der Waals surface area contributed by atoms with E-state index in [9.17, 15) is 13.6 Å². The lowest BCUT2D eigenvalue weighted by Gasteiger charge is -2.09. The summed E-state index contributed by atoms with van der Waals surface area (Å²) in [6.45, 7) is -1.26. The fraction of sp³-hybridized carbons (Fsp3) is 0.167. The molecule has 0 bridgehead atoms. The number of carboxylic acids is 1. The largest absolute Gasteiger partial charge is 0.478 e. The summed E-state index contributed by atoms with van der Waals surface area (Å²) >= 11 is 0. The van der Waals surface area contributed by atoms with Gasteiger partial charge in [0.05, 0.1) is 5.56 Å². The molecule has 0 aliphatic rings. The van der Waals surface area contributed by atoms with Gasteiger partial charge in [-0.3, -0.25) is 4.98 Å². The predicted molar refractivity (Wildman–Crippen MR) is 60.1 cm³/mol. The number of pyridine rings is 1. The van der Waals surface area contributed by atoms with Gasteiger partial charge in [0.25, 0.3) is 0 Å². The zero-order valence-corrected chi connectivity index (χ0v) is 9.35. The van der Waals surface area contributed by atoms with Gasteiger partial charge in [-0.2, -0.15) is 8.78 Å². The smallest absolute Gasteiger partial charge is 0.387 e. The number of rotatable bonds is 3. The second-order valence-electron chi connectivity index (χ2n) is 3.74. The number of carboxylic acid groups (broad SMARTS) is 1. The number of aryl methyl sites for hydroxylation is 1. The minimum atomic E-state index is -3.03. The van der Waals surface area contributed by atoms with Gasteiger partial charge in [0.15, 0.2) is 5.75 Å². The third-order valence-electron chi connectivity index (χ3n) is 2.35. The van der Waals surface area contributed by atoms with Gasteiger partial charge in [0.1, 0.15) is 5.52 Å². The van der Waals surface area contributed by atoms with E-state index in [-0.39, 0.29) is 16.8 Å². The molecule has 0 fully saturated rings. The van der Waals surface area contributed by atoms with Crippen molar-refractivity contribution in [3.63, 3.8) is 0 Å². The fourth-order valence-electron chi connectivity index (χ4n) is 1.64. The first-order chi connectivity index (χ1) is 8.47. The molecule has 0 saturated heterocycles. The van der Waals surface area contributed by atoms with Crippen LogP contribution in [0.5, 0.6) is 5.75 Å². The maximum absolute atomic E-state index is 12.3. The molecule has 2 rings (SSSR count). The minimum absolute atomic E-state index is 0.120. The van der Waals surface area contributed by atoms with Gasteiger partial charge in [0.2, 0.25) is 0 Å². The molecule has 4 nitrogen and oxygen atoms in total. The minimum Gasteiger partial charge on any atom is -0.478 e. The number of halogens is 2. The number of aromatic carboxylic acids is 1. The van der Waals surface area contributed by atoms with Crippen LogP contribution in [0.2, 0.25) is 0 Å². The molecule has 0 aliphatic carbocycles. The number of hydrogen-bond acceptors (Lipinski definition) is 3. The summed E-state index contributed by atoms with van der Waals surface area (Å²) < 4.78 is 28.8. The van der Waals surface area contributed by atoms with E-state index in [1.165, 1.54) is 12.3 Å². The Morgan fingerprint density at radius 3 is 2.72 bits per heavy atom. The van der Waals surface area contributed by atoms with Gasteiger partial charge in [-0.05, 0) is 30.7 Å². The van der Waals surface area contributed by atoms with Crippen molar-refractivity contribution in [1.29, 1.82) is 0 Å². The molecular weight excluding hydrogens is 244 g/mol. The van der Waals surface area contributed by atoms with E-state index >= 15 is 0 Å². The average molecular weight is 253 g/mol. The van der Waals surface area contributed by atoms with Gasteiger partial charge >= 0.3 is 12.6 Å². The van der Waals surface area contributed by atoms with E-state index in [0.29, 0.717) is 5.39 Å². The van der Waals surface area contributed by atoms with Crippen LogP contribution in [0.1, 0.15) is 15.9 Å². The van der Waals surface area contributed by atoms with Crippen LogP contribution in [0.25, 0.3) is 10.9 Å². The second kappa shape index (κ2) is 4.56. The maximum atomic E-state index is 12.3. The van der Waals surface area contributed by atoms with Crippen molar-refractivity contribution in [2.45, 2.75) is 13.5 Å². The Labute approximate surface area is 101 Å². The molecule has 0 radical (unpaired) electrons. The van der Waals surface area contributed by atoms with Crippen LogP contribution in [0.15, 0.2) is 24.4 Å². The summed E-state index contributed by atoms with van der Waals surface area (Å²) in [6.07, 6.45) is 1.50. The van der Waals surface area contributed by atoms with E-state index in [4.69, 9.17) is 5.11 Å². The Morgan fingerprint density at radius 2 is 2.11 bits per heavy atom. The predicted octanol–water partition coefficient (Wildman–Crippen LogP) is 2.84. The molecule has 0 spiro atoms. The summed E-state index contributed by atoms with van der Waals surface area (Å²) in [5.74, 6) is -1.45. The van der Waals surface area contributed by atoms with Gasteiger partial charge in [0, 0.05) is 11.6 Å². The van der Waals surface area contributed by atoms with Crippen molar-refractivity contribution >= 4 is 16.9 Å². The summed E-state index contributed by atoms with van der Waals surface area (Å²) in [5.41, 5.74) is 0.893. The molecule has 0 saturated carbocycles. The lowest BCUT2D eigenvalue weighted by atomic mass is 10.1. The monoisotopic (exact) mass is 253 g/mol. The summed E-state index contributed by atoms with van der Waals surface area (Å²) in [5, 5.41) is 9.36. The van der Waals surface area contributed by atoms with Crippen molar-refractivity contribution in [1.82, 2.24) is 4.98 Å². The van der Waals surface area contributed by atoms with Gasteiger partial charge in [-0.1, -0.05) is 0 Å². The van der Waals surface area contributed by atoms with Crippen LogP contribution in [0.3, 0.4) is 0 Å². The van der Waals surface area contributed by atoms with Crippen molar-refractivity contribution in [3.05, 3.63) is 35.5 Å². The number of benzene rings is 1. The lowest BCUT2D eigenvalue weighted by Crippen LogP contribution is -2.05. The highest BCUT2D eigenvalue weighted by Gasteiger charge is 2.14. The molecule has 1 aromatic carbocycles. The Morgan fingerprint density at radius 1 is 1.39 bits per heavy atom. The molecule has 0 aliphatic heterocycles. The maximum Gasteiger partial charge on any atom is 0.387 e. The van der Waals surface area contributed by atoms with E-state index in [0.717, 1.165) is 11.6 Å². The number of nitrogens with zero attached hydrogens (tertiary/aromatic N) is 1. The quantitative estimate of drug-likeness (QED) is 0.913. The van der Waals surface area contributed by atoms with Crippen molar-refractivity contribution in [3.8, 4) is 5.75 Å². The fourth-order valence-corrected chi connectivity index (χ4v) is 1.64. The Hall–Kier alpha value is -2.24. The first kappa shape index (κ1) is 12.2. The number of ether oxygens (including phenoxy) is 1. The SMILES string of the molecule is Cc1cnc2c(OC(F)F)cc(C(=O)O)cc2c1. The molecule has 0 amide bonds. The number of alkyl halides is 2. The molecule has 1 heterocycles. The van der Waals surface area contributed by atoms with Crippen molar-refractivity contribution < 1.29 is 23.4 Å². The summed E-state index contributed by atoms with van der Waals surface area (Å²) in [7, 11) is 0. The standard InChI is InChI=1S/C12H9F2NO3/c1-6-2-7-3-8(11(16)17)4-9(18-12(13)14)10(7)15-5-6/h2-5,12H,1H3,(H,16,17). The molecule has 94 valence electrons. The number of hydrogen-bond donors (Lipinski definition) is 1. The first-order valence-electron chi connectivity index (χ1n) is 5.06. The Bertz CT molecular complexity index is 614. The van der Waals surface area contributed by atoms with Crippen LogP contribution in [0, 0.1) is 6.92 Å². The van der Waals surface area contributed by atoms with Crippen LogP contribution in [-0.4, -0.2) is 22.7 Å². The molecule has 0 unspecified atom stereocenters. The van der Waals surface area contributed by atoms with Crippen molar-refractivity contribution in [2.24, 2.45) is 0 Å². The van der Waals surface area contributed by atoms with Crippen LogP contribution < -0.4 is 4.74 Å². The topological polar surface area (TPSA) is 59.4 Å². The average Bonchev–Trinajstić information content (AvgIpc) is 2.27. The molecule has 1 N–H and O–H groups in total. The Balaban J connectivity index is 2.68. The molecule has 18 heavy (non-hydrogen) atoms. The van der Waals surface area contributed by atoms with E-state index < -0.39 is 12.6 Å². The first-order valence-corrected chi connectivity index (χ1v) is 5.06. The molecule has 2 aromatic rings. The normalized spacial score (nSPS) is 10.9. The van der Waals surface area contributed by atoms with Crippen LogP contribution in [0.4, 0.5) is 8.78 Å². The third kappa shape index (κ3) is 2.37. The zero-order valence-electron chi connectivity index (χ0n) is 9.35. The van der Waals surface area contributed by atoms with Crippen LogP contribution in [-0.2, 0) is 0 Å². The van der Waals surface area contributed by atoms with Gasteiger partial charge < -0.3 is 9.84 Å². The number of carbonyl (C=O) groups is 1. The van der Waals surface area contributed by atoms with E-state index in [2.05, 4.69) is 9.72 Å². The summed E-state index contributed by atoms with van der Waals surface area (Å²) in [4.78, 5) is 14.9. The zero-order chi connectivity index (χ0) is 13.3. The molecule has 1 aromatic heterocycles. The lowest BCUT2D eigenvalue weighted by molar-refractivity contribution is -0.0489. The Kier molecular flexibility index (Phi) is 3.10. The molecular formula is C12H9F2NO3. The van der Waals surface area contributed by atoms with Crippen LogP contribution >= 0.6 is 0 Å². The number of fused-ring (bicyclic) bond motifs is 1.